The van der Waals surface area contributed by atoms with E-state index in [1.54, 1.807) is 24.3 Å². The number of aliphatic hydroxyl groups is 2. The number of nitrogens with zero attached hydrogens (tertiary/aromatic N) is 1. The molecule has 1 saturated heterocycles. The Kier molecular flexibility index (Phi) is 10.0. The molecule has 3 aromatic rings. The summed E-state index contributed by atoms with van der Waals surface area (Å²) in [6.07, 6.45) is 3.82. The average molecular weight is 660 g/mol. The van der Waals surface area contributed by atoms with Crippen LogP contribution in [0.25, 0.3) is 6.08 Å². The molecule has 0 spiro atoms. The third kappa shape index (κ3) is 6.53. The minimum Gasteiger partial charge on any atom is -0.507 e. The molecule has 1 heterocycles. The smallest absolute Gasteiger partial charge is 0.238 e. The van der Waals surface area contributed by atoms with Crippen molar-refractivity contribution in [3.8, 4) is 5.75 Å². The molecule has 0 aromatic heterocycles. The van der Waals surface area contributed by atoms with Gasteiger partial charge in [-0.25, -0.2) is 0 Å². The molecule has 44 heavy (non-hydrogen) atoms. The fourth-order valence-electron chi connectivity index (χ4n) is 6.62. The highest BCUT2D eigenvalue weighted by atomic mass is 79.9. The van der Waals surface area contributed by atoms with E-state index in [4.69, 9.17) is 0 Å². The van der Waals surface area contributed by atoms with Crippen LogP contribution in [0.5, 0.6) is 5.75 Å². The van der Waals surface area contributed by atoms with Crippen molar-refractivity contribution in [3.63, 3.8) is 0 Å². The summed E-state index contributed by atoms with van der Waals surface area (Å²) < 4.78 is 0.863. The summed E-state index contributed by atoms with van der Waals surface area (Å²) in [5.41, 5.74) is 5.67. The van der Waals surface area contributed by atoms with Crippen molar-refractivity contribution in [1.82, 2.24) is 0 Å². The Balaban J connectivity index is 1.34. The van der Waals surface area contributed by atoms with Gasteiger partial charge in [-0.05, 0) is 92.3 Å². The van der Waals surface area contributed by atoms with Crippen LogP contribution in [0.15, 0.2) is 94.0 Å². The van der Waals surface area contributed by atoms with E-state index in [1.165, 1.54) is 4.90 Å². The topological polar surface area (TPSA) is 110 Å². The highest BCUT2D eigenvalue weighted by Crippen LogP contribution is 2.48. The van der Waals surface area contributed by atoms with Gasteiger partial charge in [-0.15, -0.1) is 0 Å². The zero-order valence-corrected chi connectivity index (χ0v) is 26.6. The molecule has 0 unspecified atom stereocenters. The number of allylic oxidation sites excluding steroid dienone is 2. The van der Waals surface area contributed by atoms with Gasteiger partial charge in [-0.3, -0.25) is 14.5 Å². The van der Waals surface area contributed by atoms with Gasteiger partial charge in [0.1, 0.15) is 5.75 Å². The van der Waals surface area contributed by atoms with Crippen LogP contribution in [0.2, 0.25) is 0 Å². The number of imide groups is 1. The lowest BCUT2D eigenvalue weighted by atomic mass is 9.67. The molecule has 0 bridgehead atoms. The van der Waals surface area contributed by atoms with Gasteiger partial charge in [0.2, 0.25) is 11.8 Å². The van der Waals surface area contributed by atoms with Crippen molar-refractivity contribution in [2.24, 2.45) is 17.8 Å². The van der Waals surface area contributed by atoms with E-state index >= 15 is 0 Å². The van der Waals surface area contributed by atoms with E-state index in [-0.39, 0.29) is 24.2 Å². The van der Waals surface area contributed by atoms with Crippen LogP contribution in [0.1, 0.15) is 51.5 Å². The van der Waals surface area contributed by atoms with Crippen molar-refractivity contribution in [2.45, 2.75) is 52.1 Å². The second-order valence-corrected chi connectivity index (χ2v) is 12.4. The molecule has 0 radical (unpaired) electrons. The molecule has 7 nitrogen and oxygen atoms in total. The Bertz CT molecular complexity index is 1570. The Hall–Kier alpha value is -3.72. The maximum atomic E-state index is 13.9. The number of phenolic OH excluding ortho intramolecular Hbond substituents is 1. The third-order valence-corrected chi connectivity index (χ3v) is 9.39. The third-order valence-electron chi connectivity index (χ3n) is 8.90. The van der Waals surface area contributed by atoms with Crippen molar-refractivity contribution in [1.29, 1.82) is 0 Å². The zero-order chi connectivity index (χ0) is 31.4. The molecule has 0 saturated carbocycles. The van der Waals surface area contributed by atoms with Gasteiger partial charge in [0.15, 0.2) is 0 Å². The summed E-state index contributed by atoms with van der Waals surface area (Å²) in [5.74, 6) is -2.34. The molecule has 3 aromatic carbocycles. The predicted molar refractivity (Wildman–Crippen MR) is 177 cm³/mol. The van der Waals surface area contributed by atoms with Crippen molar-refractivity contribution >= 4 is 50.9 Å². The van der Waals surface area contributed by atoms with Crippen LogP contribution < -0.4 is 10.2 Å². The average Bonchev–Trinajstić information content (AvgIpc) is 3.29. The van der Waals surface area contributed by atoms with E-state index in [9.17, 15) is 24.9 Å². The quantitative estimate of drug-likeness (QED) is 0.127. The number of amides is 2. The number of para-hydroxylation sites is 1. The lowest BCUT2D eigenvalue weighted by molar-refractivity contribution is -0.123. The number of aromatic hydroxyl groups is 1. The highest BCUT2D eigenvalue weighted by molar-refractivity contribution is 9.10. The normalized spacial score (nSPS) is 21.1. The number of carbonyl (C=O) groups is 2. The number of carbonyl (C=O) groups excluding carboxylic acids is 2. The Labute approximate surface area is 267 Å². The van der Waals surface area contributed by atoms with E-state index in [0.717, 1.165) is 33.4 Å². The van der Waals surface area contributed by atoms with Crippen molar-refractivity contribution < 1.29 is 24.9 Å². The number of benzene rings is 3. The highest BCUT2D eigenvalue weighted by Gasteiger charge is 2.55. The summed E-state index contributed by atoms with van der Waals surface area (Å²) in [7, 11) is 0. The van der Waals surface area contributed by atoms with Gasteiger partial charge >= 0.3 is 0 Å². The lowest BCUT2D eigenvalue weighted by Gasteiger charge is -2.36. The number of halogens is 1. The van der Waals surface area contributed by atoms with Gasteiger partial charge in [-0.1, -0.05) is 65.2 Å². The number of nitrogens with one attached hydrogen (secondary N) is 1. The van der Waals surface area contributed by atoms with Crippen LogP contribution in [0, 0.1) is 17.8 Å². The summed E-state index contributed by atoms with van der Waals surface area (Å²) in [6, 6.07) is 22.2. The van der Waals surface area contributed by atoms with Crippen LogP contribution in [-0.4, -0.2) is 39.8 Å². The van der Waals surface area contributed by atoms with Gasteiger partial charge < -0.3 is 20.6 Å². The molecule has 1 aliphatic heterocycles. The monoisotopic (exact) mass is 658 g/mol. The van der Waals surface area contributed by atoms with Crippen LogP contribution in [-0.2, 0) is 9.59 Å². The first-order valence-electron chi connectivity index (χ1n) is 15.2. The first-order chi connectivity index (χ1) is 21.2. The molecule has 4 atom stereocenters. The fourth-order valence-corrected chi connectivity index (χ4v) is 7.00. The molecule has 4 N–H and O–H groups in total. The summed E-state index contributed by atoms with van der Waals surface area (Å²) in [4.78, 5) is 28.8. The van der Waals surface area contributed by atoms with E-state index in [0.29, 0.717) is 42.5 Å². The van der Waals surface area contributed by atoms with E-state index in [2.05, 4.69) is 21.2 Å². The minimum absolute atomic E-state index is 0.186. The first-order valence-corrected chi connectivity index (χ1v) is 16.0. The number of anilines is 3. The number of aliphatic hydroxyl groups excluding tert-OH is 2. The first kappa shape index (κ1) is 31.7. The van der Waals surface area contributed by atoms with Crippen LogP contribution in [0.3, 0.4) is 0 Å². The maximum Gasteiger partial charge on any atom is 0.238 e. The van der Waals surface area contributed by atoms with Crippen molar-refractivity contribution in [2.75, 3.05) is 16.8 Å². The largest absolute Gasteiger partial charge is 0.507 e. The number of rotatable bonds is 11. The number of hydrogen-bond acceptors (Lipinski definition) is 6. The predicted octanol–water partition coefficient (Wildman–Crippen LogP) is 7.36. The zero-order valence-electron chi connectivity index (χ0n) is 25.0. The molecular weight excluding hydrogens is 620 g/mol. The minimum atomic E-state index is -0.866. The van der Waals surface area contributed by atoms with Gasteiger partial charge in [0.25, 0.3) is 0 Å². The number of phenols is 1. The van der Waals surface area contributed by atoms with Crippen LogP contribution in [0.4, 0.5) is 17.1 Å². The van der Waals surface area contributed by atoms with Crippen LogP contribution >= 0.6 is 15.9 Å². The second kappa shape index (κ2) is 13.9. The van der Waals surface area contributed by atoms with Gasteiger partial charge in [0.05, 0.1) is 30.2 Å². The number of hydrogen-bond donors (Lipinski definition) is 4. The molecule has 2 amide bonds. The second-order valence-electron chi connectivity index (χ2n) is 11.5. The molecule has 1 fully saturated rings. The molecule has 1 aliphatic carbocycles. The molecular formula is C36H39BrN2O5. The standard InChI is InChI=1S/C36H39BrN2O5/c1-3-22(18-24-19-25(37)11-17-31(24)41)10-16-32(42)33-23(4-2)20-29-34(30(33)21-40)36(44)39(35(29)43)28-14-12-27(13-15-28)38-26-8-6-5-7-9-26/h5-9,11-15,17-19,29-30,32,34,38,40-42H,3-4,10,16,20-21H2,1-2H3/b22-18+/t29-,30+,32-,34-/m1/s1. The summed E-state index contributed by atoms with van der Waals surface area (Å²) >= 11 is 3.45. The SMILES string of the molecule is CCC1=C([C@H](O)CC/C(=C/c2cc(Br)ccc2O)CC)[C@H](CO)[C@@H]2C(=O)N(c3ccc(Nc4ccccc4)cc3)C(=O)[C@@H]2C1. The van der Waals surface area contributed by atoms with Crippen molar-refractivity contribution in [3.05, 3.63) is 99.6 Å². The molecule has 5 rings (SSSR count). The van der Waals surface area contributed by atoms with Gasteiger partial charge in [0, 0.05) is 27.3 Å². The van der Waals surface area contributed by atoms with Gasteiger partial charge in [-0.2, -0.15) is 0 Å². The number of fused-ring (bicyclic) bond motifs is 1. The summed E-state index contributed by atoms with van der Waals surface area (Å²) in [5, 5.41) is 35.7. The Morgan fingerprint density at radius 3 is 2.39 bits per heavy atom. The molecule has 8 heteroatoms. The Morgan fingerprint density at radius 2 is 1.73 bits per heavy atom. The fraction of sp³-hybridized carbons (Fsp3) is 0.333. The Morgan fingerprint density at radius 1 is 1.02 bits per heavy atom. The summed E-state index contributed by atoms with van der Waals surface area (Å²) in [6.45, 7) is 3.70. The molecule has 230 valence electrons. The maximum absolute atomic E-state index is 13.9. The van der Waals surface area contributed by atoms with E-state index in [1.807, 2.05) is 68.5 Å². The van der Waals surface area contributed by atoms with E-state index < -0.39 is 23.9 Å². The molecule has 2 aliphatic rings. The lowest BCUT2D eigenvalue weighted by Crippen LogP contribution is -2.39.